The molecule has 4 bridgehead atoms. The first kappa shape index (κ1) is 12.0. The van der Waals surface area contributed by atoms with Crippen LogP contribution in [0.2, 0.25) is 0 Å². The molecule has 2 heteroatoms. The molecular formula is C19H21NO. The van der Waals surface area contributed by atoms with Gasteiger partial charge >= 0.3 is 0 Å². The topological polar surface area (TPSA) is 43.1 Å². The molecule has 108 valence electrons. The van der Waals surface area contributed by atoms with Crippen molar-refractivity contribution in [1.82, 2.24) is 0 Å². The number of rotatable bonds is 3. The summed E-state index contributed by atoms with van der Waals surface area (Å²) < 4.78 is 0. The molecule has 0 aliphatic heterocycles. The highest BCUT2D eigenvalue weighted by molar-refractivity contribution is 5.85. The maximum Gasteiger partial charge on any atom is 0.224 e. The summed E-state index contributed by atoms with van der Waals surface area (Å²) in [5.41, 5.74) is 8.85. The van der Waals surface area contributed by atoms with E-state index in [9.17, 15) is 4.79 Å². The van der Waals surface area contributed by atoms with Crippen molar-refractivity contribution in [2.45, 2.75) is 37.5 Å². The minimum Gasteiger partial charge on any atom is -0.369 e. The van der Waals surface area contributed by atoms with Crippen molar-refractivity contribution < 1.29 is 4.79 Å². The van der Waals surface area contributed by atoms with Crippen LogP contribution >= 0.6 is 0 Å². The van der Waals surface area contributed by atoms with E-state index in [4.69, 9.17) is 5.73 Å². The molecule has 4 atom stereocenters. The van der Waals surface area contributed by atoms with E-state index in [1.54, 1.807) is 5.57 Å². The maximum atomic E-state index is 12.2. The number of amides is 1. The van der Waals surface area contributed by atoms with Gasteiger partial charge in [0.1, 0.15) is 0 Å². The lowest BCUT2D eigenvalue weighted by Gasteiger charge is -2.30. The van der Waals surface area contributed by atoms with Gasteiger partial charge in [-0.15, -0.1) is 0 Å². The van der Waals surface area contributed by atoms with Crippen LogP contribution in [0.15, 0.2) is 42.0 Å². The first-order chi connectivity index (χ1) is 10.2. The lowest BCUT2D eigenvalue weighted by molar-refractivity contribution is -0.128. The Kier molecular flexibility index (Phi) is 2.06. The highest BCUT2D eigenvalue weighted by Gasteiger charge is 2.75. The summed E-state index contributed by atoms with van der Waals surface area (Å²) in [5.74, 6) is 1.74. The van der Waals surface area contributed by atoms with Crippen molar-refractivity contribution >= 4 is 5.91 Å². The van der Waals surface area contributed by atoms with Crippen LogP contribution in [-0.2, 0) is 10.2 Å². The summed E-state index contributed by atoms with van der Waals surface area (Å²) >= 11 is 0. The van der Waals surface area contributed by atoms with E-state index < -0.39 is 0 Å². The van der Waals surface area contributed by atoms with Gasteiger partial charge < -0.3 is 5.73 Å². The smallest absolute Gasteiger partial charge is 0.224 e. The Morgan fingerprint density at radius 1 is 1.14 bits per heavy atom. The monoisotopic (exact) mass is 279 g/mol. The maximum absolute atomic E-state index is 12.2. The Balaban J connectivity index is 1.66. The summed E-state index contributed by atoms with van der Waals surface area (Å²) in [5, 5.41) is 0. The molecule has 0 spiro atoms. The van der Waals surface area contributed by atoms with E-state index in [2.05, 4.69) is 36.4 Å². The zero-order valence-corrected chi connectivity index (χ0v) is 12.2. The number of primary amides is 1. The Labute approximate surface area is 125 Å². The van der Waals surface area contributed by atoms with Crippen LogP contribution in [0, 0.1) is 23.2 Å². The molecule has 4 unspecified atom stereocenters. The van der Waals surface area contributed by atoms with Crippen molar-refractivity contribution in [2.75, 3.05) is 0 Å². The summed E-state index contributed by atoms with van der Waals surface area (Å²) in [6.45, 7) is 0. The van der Waals surface area contributed by atoms with Gasteiger partial charge in [-0.05, 0) is 55.4 Å². The zero-order valence-electron chi connectivity index (χ0n) is 12.2. The summed E-state index contributed by atoms with van der Waals surface area (Å²) in [6.07, 6.45) is 8.32. The minimum absolute atomic E-state index is 0.0491. The number of hydrogen-bond acceptors (Lipinski definition) is 1. The quantitative estimate of drug-likeness (QED) is 0.848. The Morgan fingerprint density at radius 3 is 2.52 bits per heavy atom. The van der Waals surface area contributed by atoms with E-state index >= 15 is 0 Å². The fourth-order valence-corrected chi connectivity index (χ4v) is 5.79. The van der Waals surface area contributed by atoms with Crippen molar-refractivity contribution in [3.05, 3.63) is 47.5 Å². The first-order valence-corrected chi connectivity index (χ1v) is 8.23. The van der Waals surface area contributed by atoms with Gasteiger partial charge in [0, 0.05) is 5.41 Å². The van der Waals surface area contributed by atoms with Crippen molar-refractivity contribution in [3.8, 4) is 0 Å². The fourth-order valence-electron chi connectivity index (χ4n) is 5.79. The molecule has 5 saturated carbocycles. The Morgan fingerprint density at radius 2 is 1.90 bits per heavy atom. The lowest BCUT2D eigenvalue weighted by Crippen LogP contribution is -2.37. The molecule has 2 N–H and O–H groups in total. The van der Waals surface area contributed by atoms with Crippen molar-refractivity contribution in [1.29, 1.82) is 0 Å². The van der Waals surface area contributed by atoms with Gasteiger partial charge in [0.05, 0.1) is 5.41 Å². The van der Waals surface area contributed by atoms with Crippen LogP contribution in [0.4, 0.5) is 0 Å². The molecule has 1 aromatic rings. The molecule has 6 rings (SSSR count). The molecular weight excluding hydrogens is 258 g/mol. The number of benzene rings is 1. The van der Waals surface area contributed by atoms with Gasteiger partial charge in [0.15, 0.2) is 0 Å². The second kappa shape index (κ2) is 3.60. The molecule has 0 saturated heterocycles. The number of carbonyl (C=O) groups is 1. The highest BCUT2D eigenvalue weighted by atomic mass is 16.1. The molecule has 1 aromatic carbocycles. The SMILES string of the molecule is NC(=O)C12CC3/C(=C/C4CC4)C1CC3(c1ccccc1)C2. The number of allylic oxidation sites excluding steroid dienone is 2. The minimum atomic E-state index is -0.235. The number of carbonyl (C=O) groups excluding carboxylic acids is 1. The lowest BCUT2D eigenvalue weighted by atomic mass is 9.73. The normalized spacial score (nSPS) is 44.9. The van der Waals surface area contributed by atoms with Crippen LogP contribution in [0.3, 0.4) is 0 Å². The van der Waals surface area contributed by atoms with Crippen LogP contribution in [0.5, 0.6) is 0 Å². The third kappa shape index (κ3) is 1.32. The average molecular weight is 279 g/mol. The molecule has 5 aliphatic rings. The third-order valence-electron chi connectivity index (χ3n) is 6.80. The molecule has 0 heterocycles. The summed E-state index contributed by atoms with van der Waals surface area (Å²) in [7, 11) is 0. The van der Waals surface area contributed by atoms with Crippen molar-refractivity contribution in [3.63, 3.8) is 0 Å². The van der Waals surface area contributed by atoms with Gasteiger partial charge in [0.25, 0.3) is 0 Å². The second-order valence-electron chi connectivity index (χ2n) is 7.74. The van der Waals surface area contributed by atoms with Gasteiger partial charge in [-0.25, -0.2) is 0 Å². The highest BCUT2D eigenvalue weighted by Crippen LogP contribution is 2.78. The summed E-state index contributed by atoms with van der Waals surface area (Å²) in [4.78, 5) is 12.2. The van der Waals surface area contributed by atoms with Crippen LogP contribution in [0.25, 0.3) is 0 Å². The Bertz CT molecular complexity index is 659. The third-order valence-corrected chi connectivity index (χ3v) is 6.80. The van der Waals surface area contributed by atoms with Gasteiger partial charge in [0.2, 0.25) is 5.91 Å². The van der Waals surface area contributed by atoms with Gasteiger partial charge in [-0.2, -0.15) is 0 Å². The molecule has 0 radical (unpaired) electrons. The predicted octanol–water partition coefficient (Wildman–Crippen LogP) is 3.18. The molecule has 1 amide bonds. The van der Waals surface area contributed by atoms with Crippen LogP contribution < -0.4 is 5.73 Å². The number of nitrogens with two attached hydrogens (primary N) is 1. The van der Waals surface area contributed by atoms with E-state index in [0.29, 0.717) is 11.8 Å². The largest absolute Gasteiger partial charge is 0.369 e. The molecule has 5 fully saturated rings. The van der Waals surface area contributed by atoms with E-state index in [1.165, 1.54) is 18.4 Å². The van der Waals surface area contributed by atoms with Crippen LogP contribution in [0.1, 0.15) is 37.7 Å². The fraction of sp³-hybridized carbons (Fsp3) is 0.526. The van der Waals surface area contributed by atoms with E-state index in [0.717, 1.165) is 25.2 Å². The summed E-state index contributed by atoms with van der Waals surface area (Å²) in [6, 6.07) is 10.9. The molecule has 21 heavy (non-hydrogen) atoms. The Hall–Kier alpha value is -1.57. The van der Waals surface area contributed by atoms with Crippen molar-refractivity contribution in [2.24, 2.45) is 28.9 Å². The number of hydrogen-bond donors (Lipinski definition) is 1. The van der Waals surface area contributed by atoms with Crippen LogP contribution in [-0.4, -0.2) is 5.91 Å². The molecule has 0 aromatic heterocycles. The second-order valence-corrected chi connectivity index (χ2v) is 7.74. The van der Waals surface area contributed by atoms with E-state index in [-0.39, 0.29) is 16.7 Å². The predicted molar refractivity (Wildman–Crippen MR) is 81.4 cm³/mol. The first-order valence-electron chi connectivity index (χ1n) is 8.23. The standard InChI is InChI=1S/C19H21NO/c20-17(21)19-10-15-14(8-12-6-7-12)16(19)9-18(15,11-19)13-4-2-1-3-5-13/h1-5,8,12,15-16H,6-7,9-11H2,(H2,20,21)/b14-8-. The van der Waals surface area contributed by atoms with Gasteiger partial charge in [-0.3, -0.25) is 4.79 Å². The molecule has 2 nitrogen and oxygen atoms in total. The zero-order chi connectivity index (χ0) is 14.2. The van der Waals surface area contributed by atoms with Gasteiger partial charge in [-0.1, -0.05) is 42.0 Å². The van der Waals surface area contributed by atoms with E-state index in [1.807, 2.05) is 0 Å². The average Bonchev–Trinajstić information content (AvgIpc) is 2.93. The molecule has 5 aliphatic carbocycles.